The number of halogens is 1. The molecular formula is C29H26ClN3O3. The molecule has 0 saturated carbocycles. The molecule has 7 heteroatoms. The third kappa shape index (κ3) is 3.32. The zero-order chi connectivity index (χ0) is 25.0. The van der Waals surface area contributed by atoms with Crippen molar-refractivity contribution in [2.45, 2.75) is 24.9 Å². The first-order chi connectivity index (χ1) is 17.4. The van der Waals surface area contributed by atoms with Crippen LogP contribution in [0.2, 0.25) is 5.02 Å². The topological polar surface area (TPSA) is 65.6 Å². The minimum Gasteiger partial charge on any atom is -0.496 e. The number of piperazine rings is 1. The van der Waals surface area contributed by atoms with E-state index in [4.69, 9.17) is 16.3 Å². The van der Waals surface area contributed by atoms with Crippen LogP contribution in [0.4, 0.5) is 0 Å². The summed E-state index contributed by atoms with van der Waals surface area (Å²) in [5.74, 6) is 0.438. The van der Waals surface area contributed by atoms with E-state index in [1.54, 1.807) is 16.9 Å². The zero-order valence-electron chi connectivity index (χ0n) is 20.1. The summed E-state index contributed by atoms with van der Waals surface area (Å²) < 4.78 is 5.50. The number of nitrogens with one attached hydrogen (secondary N) is 1. The van der Waals surface area contributed by atoms with Gasteiger partial charge < -0.3 is 19.5 Å². The lowest BCUT2D eigenvalue weighted by Crippen LogP contribution is -2.67. The molecule has 0 spiro atoms. The quantitative estimate of drug-likeness (QED) is 0.427. The molecule has 0 bridgehead atoms. The van der Waals surface area contributed by atoms with Crippen LogP contribution < -0.4 is 4.74 Å². The van der Waals surface area contributed by atoms with Crippen molar-refractivity contribution in [1.29, 1.82) is 0 Å². The molecule has 2 aliphatic rings. The summed E-state index contributed by atoms with van der Waals surface area (Å²) in [5, 5.41) is 1.73. The Kier molecular flexibility index (Phi) is 5.30. The van der Waals surface area contributed by atoms with E-state index >= 15 is 0 Å². The smallest absolute Gasteiger partial charge is 0.255 e. The fourth-order valence-electron chi connectivity index (χ4n) is 5.84. The van der Waals surface area contributed by atoms with Crippen LogP contribution in [-0.2, 0) is 21.7 Å². The van der Waals surface area contributed by atoms with E-state index in [-0.39, 0.29) is 24.3 Å². The first kappa shape index (κ1) is 22.7. The number of carbonyl (C=O) groups excluding carboxylic acids is 2. The van der Waals surface area contributed by atoms with E-state index in [1.807, 2.05) is 73.7 Å². The fourth-order valence-corrected chi connectivity index (χ4v) is 5.96. The van der Waals surface area contributed by atoms with Crippen LogP contribution in [0.15, 0.2) is 72.8 Å². The van der Waals surface area contributed by atoms with Crippen LogP contribution in [0.3, 0.4) is 0 Å². The summed E-state index contributed by atoms with van der Waals surface area (Å²) >= 11 is 6.17. The standard InChI is InChI=1S/C29H26ClN3O3/c1-29-27-26(21-8-4-5-9-23(21)31-27)22(18-11-13-20(30)14-12-18)16-33(29)25(34)17-32(28(29)35)15-19-7-3-6-10-24(19)36-2/h3-14,22,31H,15-17H2,1-2H3/t22?,29-/m0/s1. The van der Waals surface area contributed by atoms with Gasteiger partial charge in [0, 0.05) is 40.5 Å². The van der Waals surface area contributed by atoms with E-state index < -0.39 is 5.54 Å². The normalized spacial score (nSPS) is 21.5. The number of hydrogen-bond acceptors (Lipinski definition) is 3. The van der Waals surface area contributed by atoms with Crippen molar-refractivity contribution in [2.24, 2.45) is 0 Å². The Morgan fingerprint density at radius 3 is 2.53 bits per heavy atom. The second-order valence-corrected chi connectivity index (χ2v) is 10.0. The predicted molar refractivity (Wildman–Crippen MR) is 139 cm³/mol. The summed E-state index contributed by atoms with van der Waals surface area (Å²) in [4.78, 5) is 34.8. The van der Waals surface area contributed by atoms with Gasteiger partial charge in [0.2, 0.25) is 5.91 Å². The van der Waals surface area contributed by atoms with Gasteiger partial charge in [0.1, 0.15) is 12.3 Å². The molecule has 2 aliphatic heterocycles. The number of amides is 2. The van der Waals surface area contributed by atoms with E-state index in [1.165, 1.54) is 0 Å². The molecule has 3 heterocycles. The first-order valence-corrected chi connectivity index (χ1v) is 12.4. The lowest BCUT2D eigenvalue weighted by molar-refractivity contribution is -0.166. The highest BCUT2D eigenvalue weighted by molar-refractivity contribution is 6.30. The predicted octanol–water partition coefficient (Wildman–Crippen LogP) is 5.06. The van der Waals surface area contributed by atoms with Crippen molar-refractivity contribution in [3.8, 4) is 5.75 Å². The highest BCUT2D eigenvalue weighted by atomic mass is 35.5. The van der Waals surface area contributed by atoms with Crippen molar-refractivity contribution in [3.63, 3.8) is 0 Å². The third-order valence-corrected chi connectivity index (χ3v) is 7.90. The number of rotatable bonds is 4. The summed E-state index contributed by atoms with van der Waals surface area (Å²) in [6.45, 7) is 2.61. The number of aromatic nitrogens is 1. The van der Waals surface area contributed by atoms with Gasteiger partial charge in [0.25, 0.3) is 5.91 Å². The number of methoxy groups -OCH3 is 1. The van der Waals surface area contributed by atoms with E-state index in [0.29, 0.717) is 23.9 Å². The van der Waals surface area contributed by atoms with Gasteiger partial charge in [-0.15, -0.1) is 0 Å². The number of para-hydroxylation sites is 2. The first-order valence-electron chi connectivity index (χ1n) is 12.0. The minimum atomic E-state index is -1.14. The molecule has 36 heavy (non-hydrogen) atoms. The molecule has 2 amide bonds. The molecule has 0 aliphatic carbocycles. The Morgan fingerprint density at radius 2 is 1.75 bits per heavy atom. The van der Waals surface area contributed by atoms with Gasteiger partial charge in [-0.3, -0.25) is 9.59 Å². The highest BCUT2D eigenvalue weighted by Crippen LogP contribution is 2.48. The molecule has 6 nitrogen and oxygen atoms in total. The monoisotopic (exact) mass is 499 g/mol. The third-order valence-electron chi connectivity index (χ3n) is 7.64. The molecule has 4 aromatic rings. The van der Waals surface area contributed by atoms with Gasteiger partial charge in [0.05, 0.1) is 12.8 Å². The number of nitrogens with zero attached hydrogens (tertiary/aromatic N) is 2. The fraction of sp³-hybridized carbons (Fsp3) is 0.241. The Hall–Kier alpha value is -3.77. The average molecular weight is 500 g/mol. The second kappa shape index (κ2) is 8.42. The van der Waals surface area contributed by atoms with Gasteiger partial charge in [-0.2, -0.15) is 0 Å². The van der Waals surface area contributed by atoms with Gasteiger partial charge in [-0.1, -0.05) is 60.1 Å². The minimum absolute atomic E-state index is 0.0232. The van der Waals surface area contributed by atoms with E-state index in [9.17, 15) is 9.59 Å². The second-order valence-electron chi connectivity index (χ2n) is 9.61. The maximum absolute atomic E-state index is 14.2. The molecular weight excluding hydrogens is 474 g/mol. The van der Waals surface area contributed by atoms with Crippen molar-refractivity contribution < 1.29 is 14.3 Å². The van der Waals surface area contributed by atoms with Crippen molar-refractivity contribution in [3.05, 3.63) is 100 Å². The summed E-state index contributed by atoms with van der Waals surface area (Å²) in [5.41, 5.74) is 3.57. The van der Waals surface area contributed by atoms with Crippen molar-refractivity contribution in [1.82, 2.24) is 14.8 Å². The number of benzene rings is 3. The van der Waals surface area contributed by atoms with Crippen molar-refractivity contribution >= 4 is 34.3 Å². The summed E-state index contributed by atoms with van der Waals surface area (Å²) in [6, 6.07) is 23.4. The van der Waals surface area contributed by atoms with Gasteiger partial charge in [-0.25, -0.2) is 0 Å². The lowest BCUT2D eigenvalue weighted by Gasteiger charge is -2.51. The van der Waals surface area contributed by atoms with Crippen LogP contribution >= 0.6 is 11.6 Å². The summed E-state index contributed by atoms with van der Waals surface area (Å²) in [6.07, 6.45) is 0. The Balaban J connectivity index is 1.49. The van der Waals surface area contributed by atoms with Crippen LogP contribution in [0, 0.1) is 0 Å². The Bertz CT molecular complexity index is 1500. The molecule has 1 fully saturated rings. The largest absolute Gasteiger partial charge is 0.496 e. The van der Waals surface area contributed by atoms with Gasteiger partial charge >= 0.3 is 0 Å². The maximum Gasteiger partial charge on any atom is 0.255 e. The van der Waals surface area contributed by atoms with Crippen LogP contribution in [0.5, 0.6) is 5.75 Å². The van der Waals surface area contributed by atoms with E-state index in [2.05, 4.69) is 11.1 Å². The number of ether oxygens (including phenoxy) is 1. The highest BCUT2D eigenvalue weighted by Gasteiger charge is 2.56. The maximum atomic E-state index is 14.2. The molecule has 6 rings (SSSR count). The van der Waals surface area contributed by atoms with Crippen LogP contribution in [-0.4, -0.2) is 46.8 Å². The zero-order valence-corrected chi connectivity index (χ0v) is 20.9. The summed E-state index contributed by atoms with van der Waals surface area (Å²) in [7, 11) is 1.61. The molecule has 1 unspecified atom stereocenters. The van der Waals surface area contributed by atoms with Crippen molar-refractivity contribution in [2.75, 3.05) is 20.2 Å². The van der Waals surface area contributed by atoms with Crippen LogP contribution in [0.25, 0.3) is 10.9 Å². The lowest BCUT2D eigenvalue weighted by atomic mass is 9.76. The van der Waals surface area contributed by atoms with Crippen LogP contribution in [0.1, 0.15) is 35.2 Å². The Morgan fingerprint density at radius 1 is 1.03 bits per heavy atom. The number of hydrogen-bond donors (Lipinski definition) is 1. The number of H-pyrrole nitrogens is 1. The average Bonchev–Trinajstić information content (AvgIpc) is 3.29. The Labute approximate surface area is 214 Å². The molecule has 2 atom stereocenters. The number of aromatic amines is 1. The van der Waals surface area contributed by atoms with Gasteiger partial charge in [0.15, 0.2) is 5.54 Å². The van der Waals surface area contributed by atoms with Gasteiger partial charge in [-0.05, 0) is 42.3 Å². The number of carbonyl (C=O) groups is 2. The molecule has 3 aromatic carbocycles. The molecule has 0 radical (unpaired) electrons. The molecule has 182 valence electrons. The SMILES string of the molecule is COc1ccccc1CN1CC(=O)N2CC(c3ccc(Cl)cc3)c3c([nH]c4ccccc34)[C@@]2(C)C1=O. The van der Waals surface area contributed by atoms with E-state index in [0.717, 1.165) is 33.3 Å². The molecule has 1 N–H and O–H groups in total. The number of fused-ring (bicyclic) bond motifs is 5. The molecule has 1 saturated heterocycles. The molecule has 1 aromatic heterocycles.